The van der Waals surface area contributed by atoms with Crippen LogP contribution in [-0.4, -0.2) is 40.6 Å². The number of nitrogens with one attached hydrogen (secondary N) is 1. The summed E-state index contributed by atoms with van der Waals surface area (Å²) in [5, 5.41) is 6.86. The van der Waals surface area contributed by atoms with Crippen molar-refractivity contribution in [1.29, 1.82) is 0 Å². The maximum absolute atomic E-state index is 12.6. The predicted molar refractivity (Wildman–Crippen MR) is 116 cm³/mol. The minimum atomic E-state index is -0.270. The van der Waals surface area contributed by atoms with E-state index in [0.29, 0.717) is 33.5 Å². The van der Waals surface area contributed by atoms with Crippen LogP contribution >= 0.6 is 35.0 Å². The van der Waals surface area contributed by atoms with Crippen LogP contribution in [0.4, 0.5) is 5.82 Å². The van der Waals surface area contributed by atoms with E-state index in [4.69, 9.17) is 33.7 Å². The van der Waals surface area contributed by atoms with E-state index in [0.717, 1.165) is 24.0 Å². The Labute approximate surface area is 181 Å². The first-order valence-electron chi connectivity index (χ1n) is 8.80. The summed E-state index contributed by atoms with van der Waals surface area (Å²) in [6.07, 6.45) is 1.42. The van der Waals surface area contributed by atoms with Crippen LogP contribution in [0.2, 0.25) is 10.0 Å². The van der Waals surface area contributed by atoms with E-state index in [2.05, 4.69) is 20.2 Å². The monoisotopic (exact) mass is 449 g/mol. The summed E-state index contributed by atoms with van der Waals surface area (Å²) in [4.78, 5) is 23.1. The average Bonchev–Trinajstić information content (AvgIpc) is 3.31. The summed E-state index contributed by atoms with van der Waals surface area (Å²) in [6.45, 7) is 2.14. The zero-order valence-corrected chi connectivity index (χ0v) is 17.5. The molecule has 1 amide bonds. The van der Waals surface area contributed by atoms with Crippen LogP contribution < -0.4 is 15.8 Å². The van der Waals surface area contributed by atoms with Gasteiger partial charge in [0.2, 0.25) is 0 Å². The Morgan fingerprint density at radius 3 is 2.93 bits per heavy atom. The number of halogens is 2. The molecule has 10 heteroatoms. The molecule has 2 aliphatic rings. The first-order valence-corrected chi connectivity index (χ1v) is 10.4. The standard InChI is InChI=1S/C19H17Cl2N5O2S/c20-14-2-1-3-15(21)13(14)9-28-16-6-11(7-24-17(16)22)18(27)25-8-12-10-29-19-23-4-5-26(12)19/h1-3,6-7,10H,4-5,8-9H2,(H2,22,24)(H,25,27). The van der Waals surface area contributed by atoms with Crippen molar-refractivity contribution in [3.63, 3.8) is 0 Å². The number of thioether (sulfide) groups is 1. The number of anilines is 1. The molecule has 3 N–H and O–H groups in total. The molecular formula is C19H17Cl2N5O2S. The summed E-state index contributed by atoms with van der Waals surface area (Å²) in [5.41, 5.74) is 7.90. The van der Waals surface area contributed by atoms with Crippen LogP contribution in [0, 0.1) is 0 Å². The van der Waals surface area contributed by atoms with E-state index in [1.165, 1.54) is 6.20 Å². The highest BCUT2D eigenvalue weighted by Crippen LogP contribution is 2.29. The highest BCUT2D eigenvalue weighted by molar-refractivity contribution is 8.16. The molecule has 1 aromatic carbocycles. The van der Waals surface area contributed by atoms with Crippen LogP contribution in [-0.2, 0) is 6.61 Å². The Hall–Kier alpha value is -2.42. The number of carbonyl (C=O) groups excluding carboxylic acids is 1. The summed E-state index contributed by atoms with van der Waals surface area (Å²) in [6, 6.07) is 6.77. The first kappa shape index (κ1) is 19.9. The lowest BCUT2D eigenvalue weighted by Gasteiger charge is -2.17. The number of rotatable bonds is 6. The van der Waals surface area contributed by atoms with Crippen molar-refractivity contribution in [3.05, 3.63) is 62.7 Å². The van der Waals surface area contributed by atoms with Crippen LogP contribution in [0.25, 0.3) is 0 Å². The van der Waals surface area contributed by atoms with Gasteiger partial charge in [0.25, 0.3) is 5.91 Å². The lowest BCUT2D eigenvalue weighted by atomic mass is 10.2. The van der Waals surface area contributed by atoms with Crippen LogP contribution in [0.5, 0.6) is 5.75 Å². The van der Waals surface area contributed by atoms with Gasteiger partial charge in [-0.05, 0) is 18.2 Å². The lowest BCUT2D eigenvalue weighted by Crippen LogP contribution is -2.32. The molecule has 7 nitrogen and oxygen atoms in total. The molecule has 4 rings (SSSR count). The molecule has 3 heterocycles. The van der Waals surface area contributed by atoms with Gasteiger partial charge in [0, 0.05) is 39.5 Å². The molecule has 2 aromatic rings. The van der Waals surface area contributed by atoms with Gasteiger partial charge >= 0.3 is 0 Å². The number of amides is 1. The second kappa shape index (κ2) is 8.52. The number of pyridine rings is 1. The number of nitrogen functional groups attached to an aromatic ring is 1. The number of hydrogen-bond acceptors (Lipinski definition) is 7. The second-order valence-corrected chi connectivity index (χ2v) is 7.97. The molecule has 0 bridgehead atoms. The van der Waals surface area contributed by atoms with Crippen molar-refractivity contribution in [2.45, 2.75) is 6.61 Å². The Kier molecular flexibility index (Phi) is 5.84. The Morgan fingerprint density at radius 1 is 1.34 bits per heavy atom. The first-order chi connectivity index (χ1) is 14.0. The van der Waals surface area contributed by atoms with Crippen molar-refractivity contribution in [3.8, 4) is 5.75 Å². The molecular weight excluding hydrogens is 433 g/mol. The maximum atomic E-state index is 12.6. The van der Waals surface area contributed by atoms with Gasteiger partial charge in [-0.1, -0.05) is 41.0 Å². The molecule has 0 fully saturated rings. The number of amidine groups is 1. The quantitative estimate of drug-likeness (QED) is 0.700. The minimum Gasteiger partial charge on any atom is -0.485 e. The minimum absolute atomic E-state index is 0.108. The Bertz CT molecular complexity index is 1010. The number of aliphatic imine (C=N–C) groups is 1. The summed E-state index contributed by atoms with van der Waals surface area (Å²) >= 11 is 13.9. The number of aromatic nitrogens is 1. The van der Waals surface area contributed by atoms with E-state index < -0.39 is 0 Å². The number of nitrogens with zero attached hydrogens (tertiary/aromatic N) is 3. The normalized spacial score (nSPS) is 15.0. The van der Waals surface area contributed by atoms with E-state index in [1.807, 2.05) is 5.41 Å². The van der Waals surface area contributed by atoms with Crippen molar-refractivity contribution in [2.24, 2.45) is 4.99 Å². The van der Waals surface area contributed by atoms with Gasteiger partial charge in [-0.25, -0.2) is 4.98 Å². The number of fused-ring (bicyclic) bond motifs is 1. The van der Waals surface area contributed by atoms with E-state index in [9.17, 15) is 4.79 Å². The molecule has 29 heavy (non-hydrogen) atoms. The van der Waals surface area contributed by atoms with E-state index >= 15 is 0 Å². The molecule has 0 saturated carbocycles. The molecule has 0 spiro atoms. The fraction of sp³-hybridized carbons (Fsp3) is 0.211. The molecule has 0 aliphatic carbocycles. The molecule has 150 valence electrons. The van der Waals surface area contributed by atoms with Crippen LogP contribution in [0.3, 0.4) is 0 Å². The van der Waals surface area contributed by atoms with Crippen molar-refractivity contribution >= 4 is 51.9 Å². The van der Waals surface area contributed by atoms with Gasteiger partial charge in [-0.3, -0.25) is 9.79 Å². The van der Waals surface area contributed by atoms with Crippen LogP contribution in [0.15, 0.2) is 46.6 Å². The molecule has 0 unspecified atom stereocenters. The lowest BCUT2D eigenvalue weighted by molar-refractivity contribution is 0.0954. The van der Waals surface area contributed by atoms with Gasteiger partial charge in [0.1, 0.15) is 6.61 Å². The summed E-state index contributed by atoms with van der Waals surface area (Å²) < 4.78 is 5.73. The van der Waals surface area contributed by atoms with E-state index in [-0.39, 0.29) is 18.3 Å². The number of hydrogen-bond donors (Lipinski definition) is 2. The van der Waals surface area contributed by atoms with Gasteiger partial charge in [-0.15, -0.1) is 0 Å². The van der Waals surface area contributed by atoms with Crippen LogP contribution in [0.1, 0.15) is 15.9 Å². The van der Waals surface area contributed by atoms with Gasteiger partial charge in [0.05, 0.1) is 18.7 Å². The van der Waals surface area contributed by atoms with Gasteiger partial charge in [-0.2, -0.15) is 0 Å². The number of nitrogens with two attached hydrogens (primary N) is 1. The Balaban J connectivity index is 1.41. The largest absolute Gasteiger partial charge is 0.485 e. The van der Waals surface area contributed by atoms with E-state index in [1.54, 1.807) is 36.0 Å². The zero-order valence-electron chi connectivity index (χ0n) is 15.2. The third-order valence-corrected chi connectivity index (χ3v) is 6.11. The fourth-order valence-corrected chi connectivity index (χ4v) is 4.36. The smallest absolute Gasteiger partial charge is 0.253 e. The number of ether oxygens (including phenoxy) is 1. The highest BCUT2D eigenvalue weighted by Gasteiger charge is 2.26. The molecule has 0 atom stereocenters. The number of benzene rings is 1. The highest BCUT2D eigenvalue weighted by atomic mass is 35.5. The topological polar surface area (TPSA) is 92.8 Å². The summed E-state index contributed by atoms with van der Waals surface area (Å²) in [5.74, 6) is 0.199. The van der Waals surface area contributed by atoms with Gasteiger partial charge < -0.3 is 20.7 Å². The summed E-state index contributed by atoms with van der Waals surface area (Å²) in [7, 11) is 0. The Morgan fingerprint density at radius 2 is 2.14 bits per heavy atom. The third-order valence-electron chi connectivity index (χ3n) is 4.46. The second-order valence-electron chi connectivity index (χ2n) is 6.32. The third kappa shape index (κ3) is 4.29. The fourth-order valence-electron chi connectivity index (χ4n) is 2.90. The SMILES string of the molecule is Nc1ncc(C(=O)NCC2=CSC3=NCCN23)cc1OCc1c(Cl)cccc1Cl. The molecule has 2 aliphatic heterocycles. The van der Waals surface area contributed by atoms with Crippen molar-refractivity contribution in [2.75, 3.05) is 25.4 Å². The number of carbonyl (C=O) groups is 1. The molecule has 0 radical (unpaired) electrons. The van der Waals surface area contributed by atoms with Crippen molar-refractivity contribution in [1.82, 2.24) is 15.2 Å². The molecule has 0 saturated heterocycles. The predicted octanol–water partition coefficient (Wildman–Crippen LogP) is 3.54. The van der Waals surface area contributed by atoms with Gasteiger partial charge in [0.15, 0.2) is 16.7 Å². The molecule has 1 aromatic heterocycles. The maximum Gasteiger partial charge on any atom is 0.253 e. The van der Waals surface area contributed by atoms with Crippen molar-refractivity contribution < 1.29 is 9.53 Å². The zero-order chi connectivity index (χ0) is 20.4. The average molecular weight is 450 g/mol.